The van der Waals surface area contributed by atoms with E-state index in [0.29, 0.717) is 6.54 Å². The standard InChI is InChI=1S/C20H23BrFNOS.C2H6/c1-3-4-8-14-13-23(15-9-6-5-7-10-15)17-11-16(21)18(24-2)12-19(17)25-20(14)22;1-2/h5-7,9-12,14,20H,3-4,8,13H2,1-2H3;1-2H3. The Hall–Kier alpha value is -1.20. The van der Waals surface area contributed by atoms with E-state index in [4.69, 9.17) is 4.74 Å². The largest absolute Gasteiger partial charge is 0.496 e. The topological polar surface area (TPSA) is 12.5 Å². The summed E-state index contributed by atoms with van der Waals surface area (Å²) < 4.78 is 21.3. The van der Waals surface area contributed by atoms with Crippen molar-refractivity contribution in [2.75, 3.05) is 18.6 Å². The third-order valence-corrected chi connectivity index (χ3v) is 6.36. The van der Waals surface area contributed by atoms with E-state index in [1.807, 2.05) is 44.2 Å². The molecule has 2 atom stereocenters. The molecule has 1 heterocycles. The Kier molecular flexibility index (Phi) is 8.97. The average molecular weight is 454 g/mol. The molecule has 2 aromatic carbocycles. The zero-order chi connectivity index (χ0) is 19.8. The van der Waals surface area contributed by atoms with E-state index >= 15 is 4.39 Å². The molecule has 0 fully saturated rings. The molecule has 3 rings (SSSR count). The van der Waals surface area contributed by atoms with Crippen molar-refractivity contribution in [1.82, 2.24) is 0 Å². The maximum absolute atomic E-state index is 15.0. The lowest BCUT2D eigenvalue weighted by molar-refractivity contribution is 0.310. The van der Waals surface area contributed by atoms with E-state index in [0.717, 1.165) is 45.8 Å². The molecule has 1 aliphatic rings. The molecule has 148 valence electrons. The van der Waals surface area contributed by atoms with Crippen LogP contribution < -0.4 is 9.64 Å². The summed E-state index contributed by atoms with van der Waals surface area (Å²) in [6.45, 7) is 6.84. The van der Waals surface area contributed by atoms with Crippen LogP contribution in [0.4, 0.5) is 15.8 Å². The summed E-state index contributed by atoms with van der Waals surface area (Å²) in [7, 11) is 1.64. The van der Waals surface area contributed by atoms with E-state index in [2.05, 4.69) is 39.9 Å². The maximum Gasteiger partial charge on any atom is 0.154 e. The van der Waals surface area contributed by atoms with Gasteiger partial charge in [-0.3, -0.25) is 0 Å². The predicted octanol–water partition coefficient (Wildman–Crippen LogP) is 7.83. The van der Waals surface area contributed by atoms with Crippen molar-refractivity contribution in [3.05, 3.63) is 46.9 Å². The van der Waals surface area contributed by atoms with Crippen molar-refractivity contribution in [2.45, 2.75) is 50.4 Å². The van der Waals surface area contributed by atoms with E-state index in [1.54, 1.807) is 7.11 Å². The smallest absolute Gasteiger partial charge is 0.154 e. The van der Waals surface area contributed by atoms with Crippen molar-refractivity contribution in [1.29, 1.82) is 0 Å². The fourth-order valence-corrected chi connectivity index (χ4v) is 4.78. The first-order valence-corrected chi connectivity index (χ1v) is 11.3. The first-order valence-electron chi connectivity index (χ1n) is 9.65. The zero-order valence-electron chi connectivity index (χ0n) is 16.5. The van der Waals surface area contributed by atoms with Crippen LogP contribution in [0.25, 0.3) is 0 Å². The van der Waals surface area contributed by atoms with Crippen LogP contribution in [0.15, 0.2) is 51.8 Å². The quantitative estimate of drug-likeness (QED) is 0.457. The highest BCUT2D eigenvalue weighted by Crippen LogP contribution is 2.47. The van der Waals surface area contributed by atoms with Gasteiger partial charge in [0.1, 0.15) is 5.75 Å². The van der Waals surface area contributed by atoms with Gasteiger partial charge in [-0.15, -0.1) is 0 Å². The number of anilines is 2. The summed E-state index contributed by atoms with van der Waals surface area (Å²) in [5, 5.41) is 0. The van der Waals surface area contributed by atoms with Gasteiger partial charge in [-0.2, -0.15) is 0 Å². The zero-order valence-corrected chi connectivity index (χ0v) is 18.9. The van der Waals surface area contributed by atoms with Gasteiger partial charge >= 0.3 is 0 Å². The van der Waals surface area contributed by atoms with E-state index in [9.17, 15) is 0 Å². The van der Waals surface area contributed by atoms with Crippen LogP contribution in [0.5, 0.6) is 5.75 Å². The van der Waals surface area contributed by atoms with Crippen molar-refractivity contribution >= 4 is 39.1 Å². The van der Waals surface area contributed by atoms with Crippen molar-refractivity contribution < 1.29 is 9.13 Å². The number of fused-ring (bicyclic) bond motifs is 1. The Labute approximate surface area is 175 Å². The molecule has 2 nitrogen and oxygen atoms in total. The summed E-state index contributed by atoms with van der Waals surface area (Å²) in [5.41, 5.74) is 1.22. The number of methoxy groups -OCH3 is 1. The highest BCUT2D eigenvalue weighted by Gasteiger charge is 2.31. The monoisotopic (exact) mass is 453 g/mol. The van der Waals surface area contributed by atoms with Crippen molar-refractivity contribution in [3.8, 4) is 5.75 Å². The van der Waals surface area contributed by atoms with Gasteiger partial charge in [0, 0.05) is 23.0 Å². The molecule has 0 radical (unpaired) electrons. The number of unbranched alkanes of at least 4 members (excludes halogenated alkanes) is 1. The summed E-state index contributed by atoms with van der Waals surface area (Å²) in [5.74, 6) is 0.737. The minimum atomic E-state index is -0.912. The third kappa shape index (κ3) is 5.41. The summed E-state index contributed by atoms with van der Waals surface area (Å²) in [6.07, 6.45) is 3.05. The number of thioether (sulfide) groups is 1. The molecule has 0 saturated carbocycles. The lowest BCUT2D eigenvalue weighted by Crippen LogP contribution is -2.27. The first kappa shape index (κ1) is 22.1. The number of hydrogen-bond acceptors (Lipinski definition) is 3. The average Bonchev–Trinajstić information content (AvgIpc) is 2.84. The van der Waals surface area contributed by atoms with Gasteiger partial charge in [-0.25, -0.2) is 4.39 Å². The van der Waals surface area contributed by atoms with E-state index in [1.165, 1.54) is 11.8 Å². The second-order valence-corrected chi connectivity index (χ2v) is 8.25. The van der Waals surface area contributed by atoms with Crippen molar-refractivity contribution in [3.63, 3.8) is 0 Å². The number of para-hydroxylation sites is 1. The molecule has 27 heavy (non-hydrogen) atoms. The van der Waals surface area contributed by atoms with Gasteiger partial charge in [-0.05, 0) is 46.6 Å². The molecule has 0 amide bonds. The van der Waals surface area contributed by atoms with Crippen LogP contribution in [0.3, 0.4) is 0 Å². The molecule has 0 saturated heterocycles. The third-order valence-electron chi connectivity index (χ3n) is 4.55. The van der Waals surface area contributed by atoms with Crippen LogP contribution in [-0.4, -0.2) is 19.2 Å². The fourth-order valence-electron chi connectivity index (χ4n) is 3.16. The van der Waals surface area contributed by atoms with Gasteiger partial charge in [0.05, 0.1) is 17.3 Å². The number of rotatable bonds is 5. The molecule has 0 spiro atoms. The molecule has 0 aliphatic carbocycles. The van der Waals surface area contributed by atoms with Gasteiger partial charge < -0.3 is 9.64 Å². The predicted molar refractivity (Wildman–Crippen MR) is 119 cm³/mol. The SMILES string of the molecule is CC.CCCCC1CN(c2ccccc2)c2cc(Br)c(OC)cc2SC1F. The van der Waals surface area contributed by atoms with Gasteiger partial charge in [0.15, 0.2) is 5.50 Å². The summed E-state index contributed by atoms with van der Waals surface area (Å²) >= 11 is 4.90. The molecule has 5 heteroatoms. The Morgan fingerprint density at radius 1 is 1.22 bits per heavy atom. The van der Waals surface area contributed by atoms with Crippen LogP contribution in [-0.2, 0) is 0 Å². The number of alkyl halides is 1. The lowest BCUT2D eigenvalue weighted by atomic mass is 10.0. The maximum atomic E-state index is 15.0. The Balaban J connectivity index is 0.00000126. The molecular formula is C22H29BrFNOS. The number of halogens is 2. The number of nitrogens with zero attached hydrogens (tertiary/aromatic N) is 1. The molecule has 0 N–H and O–H groups in total. The van der Waals surface area contributed by atoms with Gasteiger partial charge in [-0.1, -0.05) is 63.6 Å². The van der Waals surface area contributed by atoms with E-state index < -0.39 is 5.50 Å². The normalized spacial score (nSPS) is 18.8. The van der Waals surface area contributed by atoms with Gasteiger partial charge in [0.25, 0.3) is 0 Å². The van der Waals surface area contributed by atoms with Crippen LogP contribution in [0.2, 0.25) is 0 Å². The highest BCUT2D eigenvalue weighted by atomic mass is 79.9. The summed E-state index contributed by atoms with van der Waals surface area (Å²) in [4.78, 5) is 3.17. The minimum absolute atomic E-state index is 0.00215. The number of ether oxygens (including phenoxy) is 1. The summed E-state index contributed by atoms with van der Waals surface area (Å²) in [6, 6.07) is 14.2. The molecule has 1 aliphatic heterocycles. The van der Waals surface area contributed by atoms with E-state index in [-0.39, 0.29) is 5.92 Å². The van der Waals surface area contributed by atoms with Crippen LogP contribution in [0, 0.1) is 5.92 Å². The Morgan fingerprint density at radius 2 is 1.93 bits per heavy atom. The second kappa shape index (κ2) is 11.0. The number of benzene rings is 2. The molecular weight excluding hydrogens is 425 g/mol. The molecule has 0 aromatic heterocycles. The highest BCUT2D eigenvalue weighted by molar-refractivity contribution is 9.10. The number of hydrogen-bond donors (Lipinski definition) is 0. The van der Waals surface area contributed by atoms with Crippen LogP contribution >= 0.6 is 27.7 Å². The Bertz CT molecular complexity index is 713. The Morgan fingerprint density at radius 3 is 2.56 bits per heavy atom. The van der Waals surface area contributed by atoms with Crippen molar-refractivity contribution in [2.24, 2.45) is 5.92 Å². The molecule has 0 bridgehead atoms. The molecule has 2 aromatic rings. The molecule has 2 unspecified atom stereocenters. The van der Waals surface area contributed by atoms with Crippen LogP contribution in [0.1, 0.15) is 40.0 Å². The van der Waals surface area contributed by atoms with Gasteiger partial charge in [0.2, 0.25) is 0 Å². The first-order chi connectivity index (χ1) is 13.1. The lowest BCUT2D eigenvalue weighted by Gasteiger charge is -2.28. The second-order valence-electron chi connectivity index (χ2n) is 6.27. The minimum Gasteiger partial charge on any atom is -0.496 e. The fraction of sp³-hybridized carbons (Fsp3) is 0.455.